The minimum absolute atomic E-state index is 0.0503. The van der Waals surface area contributed by atoms with Crippen LogP contribution >= 0.6 is 0 Å². The number of nitrogens with one attached hydrogen (secondary N) is 1. The van der Waals surface area contributed by atoms with Gasteiger partial charge in [-0.2, -0.15) is 0 Å². The third-order valence-corrected chi connectivity index (χ3v) is 3.04. The number of nitro benzene ring substituents is 1. The number of anilines is 1. The van der Waals surface area contributed by atoms with E-state index in [1.165, 1.54) is 18.2 Å². The van der Waals surface area contributed by atoms with Gasteiger partial charge in [0.15, 0.2) is 5.82 Å². The van der Waals surface area contributed by atoms with Crippen LogP contribution in [0.25, 0.3) is 0 Å². The summed E-state index contributed by atoms with van der Waals surface area (Å²) in [6.07, 6.45) is 1.87. The van der Waals surface area contributed by atoms with Crippen LogP contribution in [0.3, 0.4) is 0 Å². The molecule has 1 aromatic carbocycles. The summed E-state index contributed by atoms with van der Waals surface area (Å²) in [5.41, 5.74) is -0.292. The first-order valence-electron chi connectivity index (χ1n) is 5.89. The van der Waals surface area contributed by atoms with Crippen LogP contribution in [0.5, 0.6) is 0 Å². The molecule has 0 radical (unpaired) electrons. The van der Waals surface area contributed by atoms with Crippen molar-refractivity contribution in [3.05, 3.63) is 34.1 Å². The molecule has 1 heterocycles. The smallest absolute Gasteiger partial charge is 0.295 e. The zero-order chi connectivity index (χ0) is 13.1. The average molecular weight is 254 g/mol. The van der Waals surface area contributed by atoms with Crippen molar-refractivity contribution in [1.82, 2.24) is 0 Å². The Morgan fingerprint density at radius 3 is 2.89 bits per heavy atom. The first-order valence-corrected chi connectivity index (χ1v) is 5.89. The molecular formula is C12H15FN2O3. The van der Waals surface area contributed by atoms with Crippen molar-refractivity contribution < 1.29 is 14.1 Å². The van der Waals surface area contributed by atoms with Crippen molar-refractivity contribution in [3.63, 3.8) is 0 Å². The third kappa shape index (κ3) is 2.76. The number of nitro groups is 1. The SMILES string of the molecule is C[C@H]1CC[C@H](Nc2c(F)cccc2[N+](=O)[O-])CO1. The highest BCUT2D eigenvalue weighted by atomic mass is 19.1. The van der Waals surface area contributed by atoms with Gasteiger partial charge in [0.1, 0.15) is 5.69 Å². The lowest BCUT2D eigenvalue weighted by molar-refractivity contribution is -0.384. The molecule has 0 bridgehead atoms. The number of halogens is 1. The molecule has 0 aliphatic carbocycles. The maximum Gasteiger partial charge on any atom is 0.295 e. The summed E-state index contributed by atoms with van der Waals surface area (Å²) in [7, 11) is 0. The molecule has 18 heavy (non-hydrogen) atoms. The van der Waals surface area contributed by atoms with Gasteiger partial charge in [-0.05, 0) is 25.8 Å². The maximum atomic E-state index is 13.6. The first kappa shape index (κ1) is 12.8. The monoisotopic (exact) mass is 254 g/mol. The number of benzene rings is 1. The van der Waals surface area contributed by atoms with Gasteiger partial charge in [0.25, 0.3) is 5.69 Å². The van der Waals surface area contributed by atoms with Crippen molar-refractivity contribution in [2.75, 3.05) is 11.9 Å². The molecule has 0 spiro atoms. The van der Waals surface area contributed by atoms with Gasteiger partial charge in [-0.3, -0.25) is 10.1 Å². The van der Waals surface area contributed by atoms with Gasteiger partial charge in [-0.15, -0.1) is 0 Å². The van der Waals surface area contributed by atoms with E-state index in [-0.39, 0.29) is 23.5 Å². The first-order chi connectivity index (χ1) is 8.58. The Hall–Kier alpha value is -1.69. The summed E-state index contributed by atoms with van der Waals surface area (Å²) in [4.78, 5) is 10.2. The number of nitrogens with zero attached hydrogens (tertiary/aromatic N) is 1. The average Bonchev–Trinajstić information content (AvgIpc) is 2.34. The fourth-order valence-electron chi connectivity index (χ4n) is 2.01. The van der Waals surface area contributed by atoms with Crippen LogP contribution in [0.2, 0.25) is 0 Å². The fraction of sp³-hybridized carbons (Fsp3) is 0.500. The maximum absolute atomic E-state index is 13.6. The lowest BCUT2D eigenvalue weighted by atomic mass is 10.1. The van der Waals surface area contributed by atoms with Gasteiger partial charge in [-0.1, -0.05) is 6.07 Å². The second-order valence-electron chi connectivity index (χ2n) is 4.45. The van der Waals surface area contributed by atoms with Crippen molar-refractivity contribution in [3.8, 4) is 0 Å². The van der Waals surface area contributed by atoms with Crippen LogP contribution in [-0.4, -0.2) is 23.7 Å². The molecule has 5 nitrogen and oxygen atoms in total. The number of hydrogen-bond donors (Lipinski definition) is 1. The highest BCUT2D eigenvalue weighted by Gasteiger charge is 2.24. The predicted molar refractivity (Wildman–Crippen MR) is 65.1 cm³/mol. The van der Waals surface area contributed by atoms with E-state index >= 15 is 0 Å². The molecule has 1 aromatic rings. The molecular weight excluding hydrogens is 239 g/mol. The van der Waals surface area contributed by atoms with E-state index in [4.69, 9.17) is 4.74 Å². The van der Waals surface area contributed by atoms with Gasteiger partial charge in [0, 0.05) is 12.1 Å². The Balaban J connectivity index is 2.15. The molecule has 0 unspecified atom stereocenters. The molecule has 0 saturated carbocycles. The summed E-state index contributed by atoms with van der Waals surface area (Å²) in [6.45, 7) is 2.41. The summed E-state index contributed by atoms with van der Waals surface area (Å²) >= 11 is 0. The van der Waals surface area contributed by atoms with Crippen LogP contribution in [0.1, 0.15) is 19.8 Å². The lowest BCUT2D eigenvalue weighted by Gasteiger charge is -2.28. The second-order valence-corrected chi connectivity index (χ2v) is 4.45. The van der Waals surface area contributed by atoms with E-state index in [1.807, 2.05) is 6.92 Å². The molecule has 0 amide bonds. The number of rotatable bonds is 3. The third-order valence-electron chi connectivity index (χ3n) is 3.04. The minimum atomic E-state index is -0.608. The van der Waals surface area contributed by atoms with E-state index in [2.05, 4.69) is 5.32 Å². The Kier molecular flexibility index (Phi) is 3.76. The number of ether oxygens (including phenoxy) is 1. The Morgan fingerprint density at radius 2 is 2.28 bits per heavy atom. The Labute approximate surface area is 104 Å². The van der Waals surface area contributed by atoms with E-state index in [0.717, 1.165) is 12.8 Å². The molecule has 1 aliphatic heterocycles. The minimum Gasteiger partial charge on any atom is -0.376 e. The number of hydrogen-bond acceptors (Lipinski definition) is 4. The molecule has 6 heteroatoms. The topological polar surface area (TPSA) is 64.4 Å². The second kappa shape index (κ2) is 5.30. The highest BCUT2D eigenvalue weighted by Crippen LogP contribution is 2.29. The zero-order valence-electron chi connectivity index (χ0n) is 10.1. The highest BCUT2D eigenvalue weighted by molar-refractivity contribution is 5.62. The standard InChI is InChI=1S/C12H15FN2O3/c1-8-5-6-9(7-18-8)14-12-10(13)3-2-4-11(12)15(16)17/h2-4,8-9,14H,5-7H2,1H3/t8-,9-/m0/s1. The molecule has 2 atom stereocenters. The number of para-hydroxylation sites is 1. The van der Waals surface area contributed by atoms with Crippen LogP contribution < -0.4 is 5.32 Å². The van der Waals surface area contributed by atoms with Gasteiger partial charge in [0.2, 0.25) is 0 Å². The molecule has 0 aromatic heterocycles. The molecule has 2 rings (SSSR count). The van der Waals surface area contributed by atoms with Crippen molar-refractivity contribution in [2.24, 2.45) is 0 Å². The molecule has 98 valence electrons. The van der Waals surface area contributed by atoms with Gasteiger partial charge in [-0.25, -0.2) is 4.39 Å². The van der Waals surface area contributed by atoms with Crippen LogP contribution in [0.4, 0.5) is 15.8 Å². The van der Waals surface area contributed by atoms with Crippen LogP contribution in [0, 0.1) is 15.9 Å². The summed E-state index contributed by atoms with van der Waals surface area (Å²) in [5.74, 6) is -0.608. The van der Waals surface area contributed by atoms with Crippen molar-refractivity contribution in [1.29, 1.82) is 0 Å². The zero-order valence-corrected chi connectivity index (χ0v) is 10.1. The lowest BCUT2D eigenvalue weighted by Crippen LogP contribution is -2.33. The fourth-order valence-corrected chi connectivity index (χ4v) is 2.01. The van der Waals surface area contributed by atoms with Gasteiger partial charge in [0.05, 0.1) is 17.6 Å². The van der Waals surface area contributed by atoms with E-state index < -0.39 is 10.7 Å². The largest absolute Gasteiger partial charge is 0.376 e. The quantitative estimate of drug-likeness (QED) is 0.665. The normalized spacial score (nSPS) is 23.7. The predicted octanol–water partition coefficient (Wildman–Crippen LogP) is 2.71. The van der Waals surface area contributed by atoms with Crippen LogP contribution in [0.15, 0.2) is 18.2 Å². The van der Waals surface area contributed by atoms with Crippen LogP contribution in [-0.2, 0) is 4.74 Å². The Bertz CT molecular complexity index is 445. The Morgan fingerprint density at radius 1 is 1.50 bits per heavy atom. The summed E-state index contributed by atoms with van der Waals surface area (Å²) in [5, 5.41) is 13.7. The molecule has 1 saturated heterocycles. The van der Waals surface area contributed by atoms with Gasteiger partial charge >= 0.3 is 0 Å². The molecule has 1 N–H and O–H groups in total. The molecule has 1 aliphatic rings. The van der Waals surface area contributed by atoms with Gasteiger partial charge < -0.3 is 10.1 Å². The van der Waals surface area contributed by atoms with Crippen molar-refractivity contribution >= 4 is 11.4 Å². The summed E-state index contributed by atoms with van der Waals surface area (Å²) < 4.78 is 19.1. The van der Waals surface area contributed by atoms with Crippen molar-refractivity contribution in [2.45, 2.75) is 31.9 Å². The summed E-state index contributed by atoms with van der Waals surface area (Å²) in [6, 6.07) is 3.74. The van der Waals surface area contributed by atoms with E-state index in [9.17, 15) is 14.5 Å². The molecule has 1 fully saturated rings. The van der Waals surface area contributed by atoms with E-state index in [0.29, 0.717) is 6.61 Å². The van der Waals surface area contributed by atoms with E-state index in [1.54, 1.807) is 0 Å².